The predicted molar refractivity (Wildman–Crippen MR) is 131 cm³/mol. The van der Waals surface area contributed by atoms with Crippen molar-refractivity contribution >= 4 is 18.0 Å². The third-order valence-corrected chi connectivity index (χ3v) is 6.25. The molecule has 0 saturated heterocycles. The van der Waals surface area contributed by atoms with Gasteiger partial charge in [0, 0.05) is 18.4 Å². The zero-order valence-corrected chi connectivity index (χ0v) is 20.0. The molecule has 0 radical (unpaired) electrons. The van der Waals surface area contributed by atoms with Crippen molar-refractivity contribution in [2.75, 3.05) is 6.61 Å². The lowest BCUT2D eigenvalue weighted by Crippen LogP contribution is -2.47. The van der Waals surface area contributed by atoms with E-state index >= 15 is 0 Å². The average Bonchev–Trinajstić information content (AvgIpc) is 3.13. The van der Waals surface area contributed by atoms with Gasteiger partial charge in [-0.15, -0.1) is 0 Å². The predicted octanol–water partition coefficient (Wildman–Crippen LogP) is 4.70. The molecule has 182 valence electrons. The van der Waals surface area contributed by atoms with Gasteiger partial charge in [-0.25, -0.2) is 9.59 Å². The Kier molecular flexibility index (Phi) is 8.68. The molecule has 2 aromatic rings. The Balaban J connectivity index is 1.61. The van der Waals surface area contributed by atoms with Crippen LogP contribution in [-0.4, -0.2) is 41.8 Å². The van der Waals surface area contributed by atoms with Crippen molar-refractivity contribution in [3.05, 3.63) is 59.7 Å². The summed E-state index contributed by atoms with van der Waals surface area (Å²) in [6.45, 7) is 5.70. The van der Waals surface area contributed by atoms with Crippen LogP contribution in [0.5, 0.6) is 0 Å². The summed E-state index contributed by atoms with van der Waals surface area (Å²) in [6, 6.07) is 14.9. The molecule has 0 bridgehead atoms. The molecule has 7 heteroatoms. The molecule has 0 fully saturated rings. The molecule has 0 heterocycles. The highest BCUT2D eigenvalue weighted by atomic mass is 16.5. The maximum Gasteiger partial charge on any atom is 0.407 e. The van der Waals surface area contributed by atoms with Gasteiger partial charge in [0.15, 0.2) is 0 Å². The fourth-order valence-corrected chi connectivity index (χ4v) is 4.45. The highest BCUT2D eigenvalue weighted by molar-refractivity contribution is 5.84. The molecule has 0 saturated carbocycles. The van der Waals surface area contributed by atoms with Crippen LogP contribution in [0.4, 0.5) is 4.79 Å². The Bertz CT molecular complexity index is 974. The Morgan fingerprint density at radius 3 is 2.09 bits per heavy atom. The lowest BCUT2D eigenvalue weighted by atomic mass is 9.98. The van der Waals surface area contributed by atoms with Crippen molar-refractivity contribution in [1.29, 1.82) is 0 Å². The van der Waals surface area contributed by atoms with E-state index in [1.807, 2.05) is 31.2 Å². The number of unbranched alkanes of at least 4 members (excludes halogenated alkanes) is 1. The van der Waals surface area contributed by atoms with E-state index in [0.717, 1.165) is 35.1 Å². The molecule has 7 nitrogen and oxygen atoms in total. The van der Waals surface area contributed by atoms with Crippen molar-refractivity contribution in [2.45, 2.75) is 64.5 Å². The number of amides is 2. The second-order valence-corrected chi connectivity index (χ2v) is 9.14. The van der Waals surface area contributed by atoms with E-state index in [9.17, 15) is 19.5 Å². The number of alkyl carbamates (subject to hydrolysis) is 1. The van der Waals surface area contributed by atoms with Crippen molar-refractivity contribution in [3.8, 4) is 11.1 Å². The number of ether oxygens (including phenoxy) is 1. The second-order valence-electron chi connectivity index (χ2n) is 9.14. The number of benzene rings is 2. The van der Waals surface area contributed by atoms with Crippen molar-refractivity contribution in [2.24, 2.45) is 5.92 Å². The first-order valence-corrected chi connectivity index (χ1v) is 12.0. The highest BCUT2D eigenvalue weighted by Gasteiger charge is 2.30. The first-order valence-electron chi connectivity index (χ1n) is 12.0. The molecular formula is C27H34N2O5. The molecule has 0 aliphatic heterocycles. The van der Waals surface area contributed by atoms with E-state index in [1.54, 1.807) is 13.8 Å². The van der Waals surface area contributed by atoms with Gasteiger partial charge < -0.3 is 20.5 Å². The normalized spacial score (nSPS) is 14.1. The molecular weight excluding hydrogens is 432 g/mol. The lowest BCUT2D eigenvalue weighted by Gasteiger charge is -2.22. The van der Waals surface area contributed by atoms with E-state index < -0.39 is 30.1 Å². The zero-order valence-electron chi connectivity index (χ0n) is 20.0. The topological polar surface area (TPSA) is 105 Å². The number of nitrogens with one attached hydrogen (secondary N) is 2. The van der Waals surface area contributed by atoms with E-state index in [0.29, 0.717) is 6.42 Å². The van der Waals surface area contributed by atoms with Crippen LogP contribution in [0.3, 0.4) is 0 Å². The van der Waals surface area contributed by atoms with Gasteiger partial charge in [-0.05, 0) is 34.6 Å². The quantitative estimate of drug-likeness (QED) is 0.445. The number of carboxylic acid groups (broad SMARTS) is 1. The van der Waals surface area contributed by atoms with Gasteiger partial charge in [0.05, 0.1) is 0 Å². The lowest BCUT2D eigenvalue weighted by molar-refractivity contribution is -0.143. The van der Waals surface area contributed by atoms with Gasteiger partial charge in [0.2, 0.25) is 5.91 Å². The van der Waals surface area contributed by atoms with Gasteiger partial charge in [0.1, 0.15) is 12.6 Å². The van der Waals surface area contributed by atoms with E-state index in [1.165, 1.54) is 0 Å². The maximum absolute atomic E-state index is 12.7. The van der Waals surface area contributed by atoms with Crippen LogP contribution in [0.1, 0.15) is 63.5 Å². The summed E-state index contributed by atoms with van der Waals surface area (Å²) in [5.74, 6) is -1.76. The molecule has 3 N–H and O–H groups in total. The molecule has 3 rings (SSSR count). The average molecular weight is 467 g/mol. The molecule has 1 unspecified atom stereocenters. The molecule has 0 aromatic heterocycles. The minimum atomic E-state index is -1.07. The Labute approximate surface area is 200 Å². The number of aliphatic carboxylic acids is 1. The maximum atomic E-state index is 12.7. The minimum Gasteiger partial charge on any atom is -0.480 e. The molecule has 2 atom stereocenters. The fourth-order valence-electron chi connectivity index (χ4n) is 4.45. The van der Waals surface area contributed by atoms with Crippen molar-refractivity contribution in [3.63, 3.8) is 0 Å². The summed E-state index contributed by atoms with van der Waals surface area (Å²) in [7, 11) is 0. The monoisotopic (exact) mass is 466 g/mol. The van der Waals surface area contributed by atoms with Crippen LogP contribution in [0.15, 0.2) is 48.5 Å². The summed E-state index contributed by atoms with van der Waals surface area (Å²) >= 11 is 0. The van der Waals surface area contributed by atoms with Crippen LogP contribution in [0, 0.1) is 5.92 Å². The van der Waals surface area contributed by atoms with Crippen molar-refractivity contribution in [1.82, 2.24) is 10.6 Å². The minimum absolute atomic E-state index is 0.000690. The Hall–Kier alpha value is -3.35. The van der Waals surface area contributed by atoms with Crippen LogP contribution < -0.4 is 10.6 Å². The third-order valence-electron chi connectivity index (χ3n) is 6.25. The number of carboxylic acids is 1. The van der Waals surface area contributed by atoms with Gasteiger partial charge >= 0.3 is 12.1 Å². The number of carbonyl (C=O) groups is 3. The second kappa shape index (κ2) is 11.7. The summed E-state index contributed by atoms with van der Waals surface area (Å²) < 4.78 is 5.61. The van der Waals surface area contributed by atoms with Gasteiger partial charge in [-0.2, -0.15) is 0 Å². The number of hydrogen-bond acceptors (Lipinski definition) is 4. The number of fused-ring (bicyclic) bond motifs is 3. The van der Waals surface area contributed by atoms with Gasteiger partial charge in [0.25, 0.3) is 0 Å². The third kappa shape index (κ3) is 6.16. The summed E-state index contributed by atoms with van der Waals surface area (Å²) in [6.07, 6.45) is 1.77. The molecule has 1 aliphatic rings. The van der Waals surface area contributed by atoms with Gasteiger partial charge in [-0.3, -0.25) is 4.79 Å². The smallest absolute Gasteiger partial charge is 0.407 e. The first kappa shape index (κ1) is 25.3. The summed E-state index contributed by atoms with van der Waals surface area (Å²) in [4.78, 5) is 36.5. The molecule has 2 aromatic carbocycles. The van der Waals surface area contributed by atoms with E-state index in [-0.39, 0.29) is 24.9 Å². The fraction of sp³-hybridized carbons (Fsp3) is 0.444. The largest absolute Gasteiger partial charge is 0.480 e. The van der Waals surface area contributed by atoms with Crippen LogP contribution in [0.25, 0.3) is 11.1 Å². The van der Waals surface area contributed by atoms with Crippen LogP contribution in [-0.2, 0) is 14.3 Å². The molecule has 34 heavy (non-hydrogen) atoms. The molecule has 0 spiro atoms. The Morgan fingerprint density at radius 2 is 1.56 bits per heavy atom. The van der Waals surface area contributed by atoms with Crippen molar-refractivity contribution < 1.29 is 24.2 Å². The molecule has 2 amide bonds. The highest BCUT2D eigenvalue weighted by Crippen LogP contribution is 2.44. The summed E-state index contributed by atoms with van der Waals surface area (Å²) in [5.41, 5.74) is 4.57. The number of rotatable bonds is 11. The Morgan fingerprint density at radius 1 is 0.971 bits per heavy atom. The standard InChI is InChI=1S/C27H34N2O5/c1-4-5-10-18(15-24(30)29-25(17(2)3)26(31)32)28-27(33)34-16-23-21-13-8-6-11-19(21)20-12-7-9-14-22(20)23/h6-9,11-14,17-18,23,25H,4-5,10,15-16H2,1-3H3,(H,28,33)(H,29,30)(H,31,32)/t18?,25-/m1/s1. The molecule has 1 aliphatic carbocycles. The summed E-state index contributed by atoms with van der Waals surface area (Å²) in [5, 5.41) is 14.7. The van der Waals surface area contributed by atoms with Crippen LogP contribution >= 0.6 is 0 Å². The van der Waals surface area contributed by atoms with Gasteiger partial charge in [-0.1, -0.05) is 82.1 Å². The van der Waals surface area contributed by atoms with Crippen LogP contribution in [0.2, 0.25) is 0 Å². The SMILES string of the molecule is CCCCC(CC(=O)N[C@@H](C(=O)O)C(C)C)NC(=O)OCC1c2ccccc2-c2ccccc21. The van der Waals surface area contributed by atoms with E-state index in [2.05, 4.69) is 34.9 Å². The number of carbonyl (C=O) groups excluding carboxylic acids is 2. The number of hydrogen-bond donors (Lipinski definition) is 3. The first-order chi connectivity index (χ1) is 16.3. The van der Waals surface area contributed by atoms with E-state index in [4.69, 9.17) is 4.74 Å². The zero-order chi connectivity index (χ0) is 24.7.